The number of rotatable bonds is 8. The Labute approximate surface area is 218 Å². The summed E-state index contributed by atoms with van der Waals surface area (Å²) in [6.45, 7) is 0. The van der Waals surface area contributed by atoms with Crippen molar-refractivity contribution in [3.8, 4) is 17.2 Å². The number of ether oxygens (including phenoxy) is 1. The number of hydrogen-bond donors (Lipinski definition) is 2. The monoisotopic (exact) mass is 530 g/mol. The van der Waals surface area contributed by atoms with Crippen molar-refractivity contribution in [3.63, 3.8) is 0 Å². The number of nitrogens with one attached hydrogen (secondary N) is 1. The topological polar surface area (TPSA) is 184 Å². The van der Waals surface area contributed by atoms with Crippen LogP contribution in [-0.4, -0.2) is 38.3 Å². The number of aromatic nitrogens is 1. The number of methoxy groups -OCH3 is 1. The SMILES string of the molecule is COc1ccc(O)c(C(=O)c2cc(C(=O)Nc3ccccc3[N+](=O)[O-])c(=O)n(-c3ccccc3[N+](=O)[O-])c2)c1. The molecule has 0 fully saturated rings. The van der Waals surface area contributed by atoms with Gasteiger partial charge in [-0.15, -0.1) is 0 Å². The van der Waals surface area contributed by atoms with Gasteiger partial charge in [0.1, 0.15) is 28.4 Å². The van der Waals surface area contributed by atoms with E-state index in [-0.39, 0.29) is 28.3 Å². The molecule has 0 unspecified atom stereocenters. The van der Waals surface area contributed by atoms with Gasteiger partial charge in [-0.25, -0.2) is 0 Å². The molecule has 0 aliphatic carbocycles. The zero-order chi connectivity index (χ0) is 28.3. The Balaban J connectivity index is 1.93. The lowest BCUT2D eigenvalue weighted by molar-refractivity contribution is -0.384. The van der Waals surface area contributed by atoms with Crippen LogP contribution in [0.15, 0.2) is 83.8 Å². The number of amides is 1. The number of ketones is 1. The molecule has 13 heteroatoms. The Kier molecular flexibility index (Phi) is 7.15. The summed E-state index contributed by atoms with van der Waals surface area (Å²) in [5.41, 5.74) is -3.58. The molecular weight excluding hydrogens is 512 g/mol. The number of hydrogen-bond acceptors (Lipinski definition) is 9. The molecule has 0 atom stereocenters. The van der Waals surface area contributed by atoms with Crippen LogP contribution in [0, 0.1) is 20.2 Å². The molecule has 0 aliphatic heterocycles. The van der Waals surface area contributed by atoms with E-state index in [2.05, 4.69) is 5.32 Å². The van der Waals surface area contributed by atoms with Crippen molar-refractivity contribution in [2.45, 2.75) is 0 Å². The minimum atomic E-state index is -1.11. The van der Waals surface area contributed by atoms with Gasteiger partial charge in [0, 0.05) is 23.9 Å². The second kappa shape index (κ2) is 10.6. The predicted octanol–water partition coefficient (Wildman–Crippen LogP) is 3.85. The Morgan fingerprint density at radius 3 is 2.21 bits per heavy atom. The molecule has 13 nitrogen and oxygen atoms in total. The molecule has 4 aromatic rings. The summed E-state index contributed by atoms with van der Waals surface area (Å²) in [4.78, 5) is 61.7. The van der Waals surface area contributed by atoms with Crippen LogP contribution in [0.25, 0.3) is 5.69 Å². The average Bonchev–Trinajstić information content (AvgIpc) is 2.93. The maximum atomic E-state index is 13.4. The molecule has 1 aromatic heterocycles. The van der Waals surface area contributed by atoms with Crippen molar-refractivity contribution in [1.82, 2.24) is 4.57 Å². The number of nitro groups is 2. The van der Waals surface area contributed by atoms with E-state index in [1.54, 1.807) is 0 Å². The fourth-order valence-electron chi connectivity index (χ4n) is 3.78. The number of nitro benzene ring substituents is 2. The number of carbonyl (C=O) groups excluding carboxylic acids is 2. The molecule has 0 aliphatic rings. The number of phenolic OH excluding ortho intramolecular Hbond substituents is 1. The second-order valence-corrected chi connectivity index (χ2v) is 8.00. The van der Waals surface area contributed by atoms with E-state index in [4.69, 9.17) is 4.74 Å². The third-order valence-corrected chi connectivity index (χ3v) is 5.66. The Morgan fingerprint density at radius 2 is 1.54 bits per heavy atom. The highest BCUT2D eigenvalue weighted by Crippen LogP contribution is 2.28. The molecule has 196 valence electrons. The summed E-state index contributed by atoms with van der Waals surface area (Å²) < 4.78 is 5.86. The maximum Gasteiger partial charge on any atom is 0.293 e. The van der Waals surface area contributed by atoms with Gasteiger partial charge in [0.15, 0.2) is 5.78 Å². The number of phenols is 1. The molecule has 0 radical (unpaired) electrons. The highest BCUT2D eigenvalue weighted by Gasteiger charge is 2.25. The average molecular weight is 530 g/mol. The summed E-state index contributed by atoms with van der Waals surface area (Å²) in [5.74, 6) is -2.13. The van der Waals surface area contributed by atoms with Crippen LogP contribution in [-0.2, 0) is 0 Å². The second-order valence-electron chi connectivity index (χ2n) is 8.00. The van der Waals surface area contributed by atoms with Crippen LogP contribution in [0.3, 0.4) is 0 Å². The standard InChI is InChI=1S/C26H18N4O9/c1-39-16-10-11-23(31)17(13-16)24(32)15-12-18(25(33)27-19-6-2-3-7-20(19)29(35)36)26(34)28(14-15)21-8-4-5-9-22(21)30(37)38/h2-14,31H,1H3,(H,27,33). The number of pyridine rings is 1. The van der Waals surface area contributed by atoms with E-state index in [0.717, 1.165) is 29.0 Å². The van der Waals surface area contributed by atoms with E-state index < -0.39 is 49.8 Å². The first-order valence-electron chi connectivity index (χ1n) is 11.1. The Morgan fingerprint density at radius 1 is 0.897 bits per heavy atom. The first-order chi connectivity index (χ1) is 18.6. The van der Waals surface area contributed by atoms with Crippen LogP contribution in [0.1, 0.15) is 26.3 Å². The zero-order valence-corrected chi connectivity index (χ0v) is 20.1. The van der Waals surface area contributed by atoms with Crippen LogP contribution < -0.4 is 15.6 Å². The highest BCUT2D eigenvalue weighted by molar-refractivity contribution is 6.13. The Bertz CT molecular complexity index is 1710. The van der Waals surface area contributed by atoms with Crippen LogP contribution in [0.4, 0.5) is 17.1 Å². The number of benzene rings is 3. The van der Waals surface area contributed by atoms with Gasteiger partial charge in [-0.3, -0.25) is 39.2 Å². The molecule has 4 rings (SSSR count). The molecule has 0 bridgehead atoms. The molecule has 0 spiro atoms. The molecule has 1 amide bonds. The van der Waals surface area contributed by atoms with Crippen molar-refractivity contribution in [2.24, 2.45) is 0 Å². The molecule has 1 heterocycles. The summed E-state index contributed by atoms with van der Waals surface area (Å²) in [7, 11) is 1.35. The van der Waals surface area contributed by atoms with Crippen molar-refractivity contribution >= 4 is 28.8 Å². The molecule has 0 saturated carbocycles. The minimum Gasteiger partial charge on any atom is -0.507 e. The summed E-state index contributed by atoms with van der Waals surface area (Å²) in [6, 6.07) is 15.2. The molecule has 0 saturated heterocycles. The molecule has 39 heavy (non-hydrogen) atoms. The number of nitrogens with zero attached hydrogens (tertiary/aromatic N) is 3. The van der Waals surface area contributed by atoms with Gasteiger partial charge < -0.3 is 15.2 Å². The normalized spacial score (nSPS) is 10.5. The van der Waals surface area contributed by atoms with Gasteiger partial charge in [-0.2, -0.15) is 0 Å². The van der Waals surface area contributed by atoms with Crippen LogP contribution in [0.5, 0.6) is 11.5 Å². The van der Waals surface area contributed by atoms with E-state index in [9.17, 15) is 39.7 Å². The quantitative estimate of drug-likeness (QED) is 0.194. The first kappa shape index (κ1) is 26.2. The van der Waals surface area contributed by atoms with Gasteiger partial charge in [-0.1, -0.05) is 24.3 Å². The summed E-state index contributed by atoms with van der Waals surface area (Å²) >= 11 is 0. The first-order valence-corrected chi connectivity index (χ1v) is 11.1. The predicted molar refractivity (Wildman–Crippen MR) is 138 cm³/mol. The van der Waals surface area contributed by atoms with Gasteiger partial charge in [0.25, 0.3) is 22.8 Å². The number of para-hydroxylation sites is 4. The lowest BCUT2D eigenvalue weighted by atomic mass is 10.0. The summed E-state index contributed by atoms with van der Waals surface area (Å²) in [6.07, 6.45) is 1.01. The third kappa shape index (κ3) is 5.17. The maximum absolute atomic E-state index is 13.4. The largest absolute Gasteiger partial charge is 0.507 e. The fraction of sp³-hybridized carbons (Fsp3) is 0.0385. The number of anilines is 1. The van der Waals surface area contributed by atoms with Crippen molar-refractivity contribution < 1.29 is 29.3 Å². The molecule has 3 aromatic carbocycles. The number of carbonyl (C=O) groups is 2. The lowest BCUT2D eigenvalue weighted by Gasteiger charge is -2.13. The van der Waals surface area contributed by atoms with Crippen molar-refractivity contribution in [1.29, 1.82) is 0 Å². The lowest BCUT2D eigenvalue weighted by Crippen LogP contribution is -2.30. The third-order valence-electron chi connectivity index (χ3n) is 5.66. The van der Waals surface area contributed by atoms with Gasteiger partial charge >= 0.3 is 0 Å². The van der Waals surface area contributed by atoms with E-state index in [0.29, 0.717) is 0 Å². The Hall–Kier alpha value is -5.85. The van der Waals surface area contributed by atoms with Crippen molar-refractivity contribution in [3.05, 3.63) is 126 Å². The van der Waals surface area contributed by atoms with Gasteiger partial charge in [-0.05, 0) is 36.4 Å². The molecule has 2 N–H and O–H groups in total. The van der Waals surface area contributed by atoms with E-state index in [1.165, 1.54) is 61.7 Å². The smallest absolute Gasteiger partial charge is 0.293 e. The van der Waals surface area contributed by atoms with Crippen molar-refractivity contribution in [2.75, 3.05) is 12.4 Å². The molecular formula is C26H18N4O9. The van der Waals surface area contributed by atoms with Crippen LogP contribution >= 0.6 is 0 Å². The van der Waals surface area contributed by atoms with Crippen LogP contribution in [0.2, 0.25) is 0 Å². The van der Waals surface area contributed by atoms with E-state index in [1.807, 2.05) is 0 Å². The van der Waals surface area contributed by atoms with E-state index >= 15 is 0 Å². The highest BCUT2D eigenvalue weighted by atomic mass is 16.6. The minimum absolute atomic E-state index is 0.216. The fourth-order valence-corrected chi connectivity index (χ4v) is 3.78. The number of aromatic hydroxyl groups is 1. The zero-order valence-electron chi connectivity index (χ0n) is 20.1. The summed E-state index contributed by atoms with van der Waals surface area (Å²) in [5, 5.41) is 35.6. The van der Waals surface area contributed by atoms with Gasteiger partial charge in [0.05, 0.1) is 22.5 Å². The van der Waals surface area contributed by atoms with Gasteiger partial charge in [0.2, 0.25) is 0 Å².